The van der Waals surface area contributed by atoms with Gasteiger partial charge < -0.3 is 5.32 Å². The third-order valence-electron chi connectivity index (χ3n) is 6.93. The molecule has 10 heteroatoms. The van der Waals surface area contributed by atoms with Gasteiger partial charge in [0.05, 0.1) is 24.1 Å². The lowest BCUT2D eigenvalue weighted by atomic mass is 10.0. The fourth-order valence-electron chi connectivity index (χ4n) is 4.79. The van der Waals surface area contributed by atoms with Gasteiger partial charge in [-0.05, 0) is 33.9 Å². The number of benzene rings is 3. The van der Waals surface area contributed by atoms with Crippen molar-refractivity contribution < 1.29 is 18.0 Å². The highest BCUT2D eigenvalue weighted by Gasteiger charge is 2.35. The summed E-state index contributed by atoms with van der Waals surface area (Å²) >= 11 is 0. The number of hydrogen-bond donors (Lipinski definition) is 1. The number of carbonyl (C=O) groups excluding carboxylic acids is 1. The minimum atomic E-state index is -4.71. The third-order valence-corrected chi connectivity index (χ3v) is 6.93. The van der Waals surface area contributed by atoms with Gasteiger partial charge in [0.25, 0.3) is 5.91 Å². The van der Waals surface area contributed by atoms with Crippen LogP contribution in [0.15, 0.2) is 91.3 Å². The summed E-state index contributed by atoms with van der Waals surface area (Å²) in [6.45, 7) is 4.55. The van der Waals surface area contributed by atoms with Crippen LogP contribution in [-0.4, -0.2) is 30.3 Å². The molecule has 0 unspecified atom stereocenters. The van der Waals surface area contributed by atoms with Gasteiger partial charge >= 0.3 is 6.18 Å². The molecule has 41 heavy (non-hydrogen) atoms. The number of alkyl halides is 3. The molecule has 3 aromatic carbocycles. The van der Waals surface area contributed by atoms with E-state index < -0.39 is 17.8 Å². The quantitative estimate of drug-likeness (QED) is 0.236. The fraction of sp³-hybridized carbons (Fsp3) is 0.161. The van der Waals surface area contributed by atoms with Crippen molar-refractivity contribution in [2.45, 2.75) is 32.5 Å². The monoisotopic (exact) mass is 554 g/mol. The molecular weight excluding hydrogens is 529 g/mol. The molecular formula is C31H25F3N6O. The first-order valence-electron chi connectivity index (χ1n) is 13.0. The maximum Gasteiger partial charge on any atom is 0.433 e. The maximum absolute atomic E-state index is 14.0. The number of amides is 1. The van der Waals surface area contributed by atoms with Crippen LogP contribution in [0.25, 0.3) is 27.7 Å². The van der Waals surface area contributed by atoms with E-state index in [-0.39, 0.29) is 23.0 Å². The van der Waals surface area contributed by atoms with E-state index in [0.29, 0.717) is 22.3 Å². The molecule has 0 spiro atoms. The summed E-state index contributed by atoms with van der Waals surface area (Å²) in [6.07, 6.45) is -1.57. The van der Waals surface area contributed by atoms with Gasteiger partial charge in [0.15, 0.2) is 17.0 Å². The van der Waals surface area contributed by atoms with E-state index in [1.807, 2.05) is 68.4 Å². The molecule has 0 saturated heterocycles. The smallest absolute Gasteiger partial charge is 0.318 e. The van der Waals surface area contributed by atoms with Crippen LogP contribution in [0.5, 0.6) is 0 Å². The van der Waals surface area contributed by atoms with Crippen LogP contribution < -0.4 is 5.32 Å². The van der Waals surface area contributed by atoms with Crippen molar-refractivity contribution in [1.82, 2.24) is 24.4 Å². The van der Waals surface area contributed by atoms with E-state index in [0.717, 1.165) is 28.0 Å². The summed E-state index contributed by atoms with van der Waals surface area (Å²) in [5.74, 6) is -0.386. The summed E-state index contributed by atoms with van der Waals surface area (Å²) < 4.78 is 44.4. The Morgan fingerprint density at radius 3 is 2.49 bits per heavy atom. The Bertz CT molecular complexity index is 1880. The van der Waals surface area contributed by atoms with Gasteiger partial charge in [0, 0.05) is 17.8 Å². The number of nitrogens with zero attached hydrogens (tertiary/aromatic N) is 5. The molecule has 206 valence electrons. The predicted molar refractivity (Wildman–Crippen MR) is 151 cm³/mol. The minimum Gasteiger partial charge on any atom is -0.318 e. The number of carbonyl (C=O) groups is 1. The van der Waals surface area contributed by atoms with E-state index in [9.17, 15) is 18.0 Å². The van der Waals surface area contributed by atoms with Crippen molar-refractivity contribution in [3.63, 3.8) is 0 Å². The van der Waals surface area contributed by atoms with Crippen molar-refractivity contribution in [2.75, 3.05) is 5.32 Å². The van der Waals surface area contributed by atoms with Gasteiger partial charge in [-0.25, -0.2) is 9.50 Å². The summed E-state index contributed by atoms with van der Waals surface area (Å²) in [5, 5.41) is 13.2. The molecule has 0 fully saturated rings. The number of anilines is 1. The average molecular weight is 555 g/mol. The minimum absolute atomic E-state index is 0.0837. The third kappa shape index (κ3) is 5.28. The molecule has 0 aliphatic carbocycles. The van der Waals surface area contributed by atoms with Gasteiger partial charge in [0.1, 0.15) is 0 Å². The summed E-state index contributed by atoms with van der Waals surface area (Å²) in [5.41, 5.74) is 1.89. The molecule has 6 aromatic rings. The Hall–Kier alpha value is -4.99. The van der Waals surface area contributed by atoms with Crippen LogP contribution in [0.4, 0.5) is 18.9 Å². The normalized spacial score (nSPS) is 12.0. The zero-order valence-electron chi connectivity index (χ0n) is 22.2. The number of rotatable bonds is 6. The SMILES string of the molecule is CC(C)c1ccc(-c2cc(C(F)(F)F)n3nc(C(=O)Nc4cnn(Cc5cccc6ccccc56)c4)cc3n2)cc1. The molecule has 6 rings (SSSR count). The largest absolute Gasteiger partial charge is 0.433 e. The molecule has 0 bridgehead atoms. The van der Waals surface area contributed by atoms with Crippen molar-refractivity contribution in [2.24, 2.45) is 0 Å². The van der Waals surface area contributed by atoms with Crippen LogP contribution in [-0.2, 0) is 12.7 Å². The topological polar surface area (TPSA) is 77.1 Å². The van der Waals surface area contributed by atoms with Crippen LogP contribution >= 0.6 is 0 Å². The summed E-state index contributed by atoms with van der Waals surface area (Å²) in [4.78, 5) is 17.4. The average Bonchev–Trinajstić information content (AvgIpc) is 3.59. The van der Waals surface area contributed by atoms with E-state index in [1.165, 1.54) is 12.3 Å². The summed E-state index contributed by atoms with van der Waals surface area (Å²) in [7, 11) is 0. The Labute approximate surface area is 233 Å². The highest BCUT2D eigenvalue weighted by atomic mass is 19.4. The lowest BCUT2D eigenvalue weighted by molar-refractivity contribution is -0.142. The van der Waals surface area contributed by atoms with Gasteiger partial charge in [-0.1, -0.05) is 80.6 Å². The van der Waals surface area contributed by atoms with Gasteiger partial charge in [-0.2, -0.15) is 23.4 Å². The Morgan fingerprint density at radius 2 is 1.73 bits per heavy atom. The first-order valence-corrected chi connectivity index (χ1v) is 13.0. The van der Waals surface area contributed by atoms with Crippen molar-refractivity contribution in [3.05, 3.63) is 114 Å². The second-order valence-electron chi connectivity index (χ2n) is 10.1. The van der Waals surface area contributed by atoms with Crippen LogP contribution in [0, 0.1) is 0 Å². The predicted octanol–water partition coefficient (Wildman–Crippen LogP) is 7.19. The van der Waals surface area contributed by atoms with Crippen LogP contribution in [0.3, 0.4) is 0 Å². The van der Waals surface area contributed by atoms with E-state index >= 15 is 0 Å². The maximum atomic E-state index is 14.0. The second-order valence-corrected chi connectivity index (χ2v) is 10.1. The molecule has 7 nitrogen and oxygen atoms in total. The standard InChI is InChI=1S/C31H25F3N6O/c1-19(2)20-10-12-22(13-11-20)26-14-28(31(32,33)34)40-29(37-26)15-27(38-40)30(41)36-24-16-35-39(18-24)17-23-8-5-7-21-6-3-4-9-25(21)23/h3-16,18-19H,17H2,1-2H3,(H,36,41). The molecule has 0 saturated carbocycles. The van der Waals surface area contributed by atoms with Crippen molar-refractivity contribution >= 4 is 28.0 Å². The molecule has 3 heterocycles. The number of hydrogen-bond acceptors (Lipinski definition) is 4. The second kappa shape index (κ2) is 10.2. The molecule has 3 aromatic heterocycles. The van der Waals surface area contributed by atoms with Gasteiger partial charge in [0.2, 0.25) is 0 Å². The summed E-state index contributed by atoms with van der Waals surface area (Å²) in [6, 6.07) is 23.5. The van der Waals surface area contributed by atoms with Gasteiger partial charge in [-0.15, -0.1) is 0 Å². The first-order chi connectivity index (χ1) is 19.7. The molecule has 1 amide bonds. The zero-order valence-corrected chi connectivity index (χ0v) is 22.2. The molecule has 0 aliphatic heterocycles. The zero-order chi connectivity index (χ0) is 28.7. The molecule has 0 atom stereocenters. The first kappa shape index (κ1) is 26.2. The number of fused-ring (bicyclic) bond motifs is 2. The number of aromatic nitrogens is 5. The lowest BCUT2D eigenvalue weighted by Gasteiger charge is -2.11. The van der Waals surface area contributed by atoms with Gasteiger partial charge in [-0.3, -0.25) is 9.48 Å². The van der Waals surface area contributed by atoms with Crippen molar-refractivity contribution in [3.8, 4) is 11.3 Å². The van der Waals surface area contributed by atoms with E-state index in [4.69, 9.17) is 0 Å². The lowest BCUT2D eigenvalue weighted by Crippen LogP contribution is -2.15. The molecule has 1 N–H and O–H groups in total. The van der Waals surface area contributed by atoms with Crippen molar-refractivity contribution in [1.29, 1.82) is 0 Å². The molecule has 0 radical (unpaired) electrons. The molecule has 0 aliphatic rings. The fourth-order valence-corrected chi connectivity index (χ4v) is 4.79. The van der Waals surface area contributed by atoms with Crippen LogP contribution in [0.1, 0.15) is 47.1 Å². The highest BCUT2D eigenvalue weighted by molar-refractivity contribution is 6.03. The highest BCUT2D eigenvalue weighted by Crippen LogP contribution is 2.33. The number of nitrogens with one attached hydrogen (secondary N) is 1. The Balaban J connectivity index is 1.26. The Morgan fingerprint density at radius 1 is 0.976 bits per heavy atom. The van der Waals surface area contributed by atoms with E-state index in [1.54, 1.807) is 23.0 Å². The number of halogens is 3. The Kier molecular flexibility index (Phi) is 6.53. The van der Waals surface area contributed by atoms with E-state index in [2.05, 4.69) is 20.5 Å². The van der Waals surface area contributed by atoms with Crippen LogP contribution in [0.2, 0.25) is 0 Å².